The zero-order valence-corrected chi connectivity index (χ0v) is 18.0. The number of nitrogens with zero attached hydrogens (tertiary/aromatic N) is 3. The molecule has 1 atom stereocenters. The smallest absolute Gasteiger partial charge is 0.252 e. The first kappa shape index (κ1) is 19.9. The molecule has 3 fully saturated rings. The van der Waals surface area contributed by atoms with Crippen molar-refractivity contribution in [3.8, 4) is 0 Å². The number of hydrogen-bond donors (Lipinski definition) is 2. The molecular weight excluding hydrogens is 404 g/mol. The van der Waals surface area contributed by atoms with E-state index in [0.29, 0.717) is 42.1 Å². The molecule has 5 rings (SSSR count). The fourth-order valence-corrected chi connectivity index (χ4v) is 6.50. The molecule has 1 aliphatic heterocycles. The van der Waals surface area contributed by atoms with Gasteiger partial charge in [-0.25, -0.2) is 18.1 Å². The van der Waals surface area contributed by atoms with E-state index in [-0.39, 0.29) is 35.6 Å². The number of amides is 1. The number of aliphatic hydroxyl groups is 1. The average Bonchev–Trinajstić information content (AvgIpc) is 3.42. The number of carbonyl (C=O) groups excluding carboxylic acids is 1. The Bertz CT molecular complexity index is 1100. The summed E-state index contributed by atoms with van der Waals surface area (Å²) >= 11 is 0. The molecule has 8 nitrogen and oxygen atoms in total. The highest BCUT2D eigenvalue weighted by Crippen LogP contribution is 2.41. The van der Waals surface area contributed by atoms with Gasteiger partial charge in [-0.2, -0.15) is 5.10 Å². The van der Waals surface area contributed by atoms with Crippen LogP contribution in [0.1, 0.15) is 78.7 Å². The van der Waals surface area contributed by atoms with Crippen molar-refractivity contribution in [2.24, 2.45) is 0 Å². The maximum absolute atomic E-state index is 13.3. The first-order valence-corrected chi connectivity index (χ1v) is 12.7. The molecule has 0 bridgehead atoms. The molecule has 0 radical (unpaired) electrons. The van der Waals surface area contributed by atoms with Crippen molar-refractivity contribution in [3.05, 3.63) is 23.0 Å². The standard InChI is InChI=1S/C21H28N4O4S/c1-12-19-17(21(27)22-14-4-6-16(26)7-5-14)10-18(13-2-3-13)23-20(19)25(24-12)15-8-9-30(28,29)11-15/h10,13-16,26H,2-9,11H2,1H3,(H,22,27)/t14?,15-,16?/m1/s1. The van der Waals surface area contributed by atoms with Gasteiger partial charge >= 0.3 is 0 Å². The van der Waals surface area contributed by atoms with Gasteiger partial charge in [0.05, 0.1) is 40.3 Å². The van der Waals surface area contributed by atoms with E-state index in [1.54, 1.807) is 4.68 Å². The molecule has 162 valence electrons. The summed E-state index contributed by atoms with van der Waals surface area (Å²) in [5.41, 5.74) is 2.81. The summed E-state index contributed by atoms with van der Waals surface area (Å²) in [4.78, 5) is 18.1. The number of rotatable bonds is 4. The third-order valence-electron chi connectivity index (χ3n) is 6.68. The zero-order chi connectivity index (χ0) is 21.0. The van der Waals surface area contributed by atoms with Gasteiger partial charge in [-0.3, -0.25) is 4.79 Å². The van der Waals surface area contributed by atoms with Crippen LogP contribution in [0.3, 0.4) is 0 Å². The Morgan fingerprint density at radius 3 is 2.53 bits per heavy atom. The zero-order valence-electron chi connectivity index (χ0n) is 17.2. The van der Waals surface area contributed by atoms with Gasteiger partial charge in [0, 0.05) is 17.7 Å². The lowest BCUT2D eigenvalue weighted by Gasteiger charge is -2.26. The molecule has 3 heterocycles. The fourth-order valence-electron chi connectivity index (χ4n) is 4.81. The number of pyridine rings is 1. The van der Waals surface area contributed by atoms with Crippen molar-refractivity contribution >= 4 is 26.8 Å². The van der Waals surface area contributed by atoms with Crippen molar-refractivity contribution in [1.29, 1.82) is 0 Å². The molecule has 2 aromatic rings. The van der Waals surface area contributed by atoms with Crippen molar-refractivity contribution in [2.45, 2.75) is 76.0 Å². The van der Waals surface area contributed by atoms with Crippen molar-refractivity contribution in [1.82, 2.24) is 20.1 Å². The molecule has 2 N–H and O–H groups in total. The monoisotopic (exact) mass is 432 g/mol. The Balaban J connectivity index is 1.53. The van der Waals surface area contributed by atoms with Crippen molar-refractivity contribution in [3.63, 3.8) is 0 Å². The molecule has 30 heavy (non-hydrogen) atoms. The van der Waals surface area contributed by atoms with Crippen LogP contribution in [0.2, 0.25) is 0 Å². The SMILES string of the molecule is Cc1nn([C@@H]2CCS(=O)(=O)C2)c2nc(C3CC3)cc(C(=O)NC3CCC(O)CC3)c12. The van der Waals surface area contributed by atoms with Crippen LogP contribution in [0, 0.1) is 6.92 Å². The van der Waals surface area contributed by atoms with Crippen LogP contribution < -0.4 is 5.32 Å². The van der Waals surface area contributed by atoms with Crippen LogP contribution in [0.4, 0.5) is 0 Å². The highest BCUT2D eigenvalue weighted by atomic mass is 32.2. The summed E-state index contributed by atoms with van der Waals surface area (Å²) in [5, 5.41) is 18.2. The maximum Gasteiger partial charge on any atom is 0.252 e. The highest BCUT2D eigenvalue weighted by Gasteiger charge is 2.34. The molecule has 0 aromatic carbocycles. The lowest BCUT2D eigenvalue weighted by Crippen LogP contribution is -2.38. The number of aryl methyl sites for hydroxylation is 1. The molecule has 3 aliphatic rings. The Kier molecular flexibility index (Phi) is 4.85. The minimum atomic E-state index is -3.06. The van der Waals surface area contributed by atoms with Gasteiger partial charge < -0.3 is 10.4 Å². The predicted molar refractivity (Wildman–Crippen MR) is 112 cm³/mol. The second-order valence-corrected chi connectivity index (χ2v) is 11.4. The van der Waals surface area contributed by atoms with Crippen molar-refractivity contribution < 1.29 is 18.3 Å². The molecule has 1 amide bonds. The normalized spacial score (nSPS) is 28.7. The van der Waals surface area contributed by atoms with Crippen LogP contribution in [-0.2, 0) is 9.84 Å². The van der Waals surface area contributed by atoms with Gasteiger partial charge in [0.25, 0.3) is 5.91 Å². The topological polar surface area (TPSA) is 114 Å². The molecular formula is C21H28N4O4S. The average molecular weight is 433 g/mol. The van der Waals surface area contributed by atoms with Gasteiger partial charge in [0.1, 0.15) is 0 Å². The largest absolute Gasteiger partial charge is 0.393 e. The van der Waals surface area contributed by atoms with Crippen LogP contribution in [0.25, 0.3) is 11.0 Å². The summed E-state index contributed by atoms with van der Waals surface area (Å²) in [7, 11) is -3.06. The summed E-state index contributed by atoms with van der Waals surface area (Å²) in [6.07, 6.45) is 5.34. The minimum Gasteiger partial charge on any atom is -0.393 e. The second-order valence-electron chi connectivity index (χ2n) is 9.13. The van der Waals surface area contributed by atoms with E-state index in [2.05, 4.69) is 10.4 Å². The van der Waals surface area contributed by atoms with E-state index in [1.165, 1.54) is 0 Å². The number of hydrogen-bond acceptors (Lipinski definition) is 6. The second kappa shape index (κ2) is 7.30. The lowest BCUT2D eigenvalue weighted by atomic mass is 9.93. The first-order valence-electron chi connectivity index (χ1n) is 10.9. The molecule has 2 saturated carbocycles. The Hall–Kier alpha value is -2.00. The summed E-state index contributed by atoms with van der Waals surface area (Å²) < 4.78 is 25.8. The van der Waals surface area contributed by atoms with Gasteiger partial charge in [-0.1, -0.05) is 0 Å². The van der Waals surface area contributed by atoms with E-state index in [9.17, 15) is 18.3 Å². The van der Waals surface area contributed by atoms with Crippen LogP contribution in [-0.4, -0.2) is 57.8 Å². The Morgan fingerprint density at radius 2 is 1.90 bits per heavy atom. The van der Waals surface area contributed by atoms with E-state index in [0.717, 1.165) is 36.8 Å². The Morgan fingerprint density at radius 1 is 1.17 bits per heavy atom. The minimum absolute atomic E-state index is 0.0591. The summed E-state index contributed by atoms with van der Waals surface area (Å²) in [5.74, 6) is 0.472. The summed E-state index contributed by atoms with van der Waals surface area (Å²) in [6.45, 7) is 1.86. The van der Waals surface area contributed by atoms with E-state index >= 15 is 0 Å². The highest BCUT2D eigenvalue weighted by molar-refractivity contribution is 7.91. The van der Waals surface area contributed by atoms with Gasteiger partial charge in [-0.05, 0) is 57.9 Å². The predicted octanol–water partition coefficient (Wildman–Crippen LogP) is 2.01. The van der Waals surface area contributed by atoms with E-state index in [1.807, 2.05) is 13.0 Å². The number of fused-ring (bicyclic) bond motifs is 1. The van der Waals surface area contributed by atoms with Crippen LogP contribution >= 0.6 is 0 Å². The number of aromatic nitrogens is 3. The van der Waals surface area contributed by atoms with Crippen LogP contribution in [0.15, 0.2) is 6.07 Å². The summed E-state index contributed by atoms with van der Waals surface area (Å²) in [6, 6.07) is 1.73. The first-order chi connectivity index (χ1) is 14.3. The number of sulfone groups is 1. The molecule has 2 aromatic heterocycles. The van der Waals surface area contributed by atoms with Crippen LogP contribution in [0.5, 0.6) is 0 Å². The number of nitrogens with one attached hydrogen (secondary N) is 1. The van der Waals surface area contributed by atoms with Gasteiger partial charge in [0.15, 0.2) is 15.5 Å². The third kappa shape index (κ3) is 3.73. The number of carbonyl (C=O) groups is 1. The Labute approximate surface area is 176 Å². The quantitative estimate of drug-likeness (QED) is 0.764. The van der Waals surface area contributed by atoms with E-state index < -0.39 is 9.84 Å². The fraction of sp³-hybridized carbons (Fsp3) is 0.667. The van der Waals surface area contributed by atoms with E-state index in [4.69, 9.17) is 4.98 Å². The molecule has 0 spiro atoms. The molecule has 9 heteroatoms. The van der Waals surface area contributed by atoms with Gasteiger partial charge in [-0.15, -0.1) is 0 Å². The van der Waals surface area contributed by atoms with Crippen molar-refractivity contribution in [2.75, 3.05) is 11.5 Å². The maximum atomic E-state index is 13.3. The molecule has 1 saturated heterocycles. The number of aliphatic hydroxyl groups excluding tert-OH is 1. The molecule has 0 unspecified atom stereocenters. The molecule has 2 aliphatic carbocycles. The lowest BCUT2D eigenvalue weighted by molar-refractivity contribution is 0.0869. The van der Waals surface area contributed by atoms with Gasteiger partial charge in [0.2, 0.25) is 0 Å². The third-order valence-corrected chi connectivity index (χ3v) is 8.43.